The molecule has 1 nitrogen and oxygen atoms in total. The third-order valence-electron chi connectivity index (χ3n) is 3.25. The summed E-state index contributed by atoms with van der Waals surface area (Å²) in [6.45, 7) is 12.4. The van der Waals surface area contributed by atoms with Crippen LogP contribution in [-0.2, 0) is 4.79 Å². The van der Waals surface area contributed by atoms with Crippen molar-refractivity contribution in [2.45, 2.75) is 66.2 Å². The van der Waals surface area contributed by atoms with Gasteiger partial charge in [-0.15, -0.1) is 0 Å². The molecule has 0 bridgehead atoms. The van der Waals surface area contributed by atoms with Crippen LogP contribution >= 0.6 is 0 Å². The van der Waals surface area contributed by atoms with Crippen molar-refractivity contribution in [3.05, 3.63) is 47.1 Å². The zero-order valence-corrected chi connectivity index (χ0v) is 13.7. The monoisotopic (exact) mass is 274 g/mol. The van der Waals surface area contributed by atoms with Gasteiger partial charge in [-0.05, 0) is 71.8 Å². The SMILES string of the molecule is C=C(C=O)CC/C=C(\C)CC/C=C(\C)CCC=C(C)C. The van der Waals surface area contributed by atoms with Crippen LogP contribution in [0.4, 0.5) is 0 Å². The summed E-state index contributed by atoms with van der Waals surface area (Å²) < 4.78 is 0. The first kappa shape index (κ1) is 18.6. The van der Waals surface area contributed by atoms with Gasteiger partial charge in [0.25, 0.3) is 0 Å². The van der Waals surface area contributed by atoms with Crippen molar-refractivity contribution in [2.75, 3.05) is 0 Å². The first-order chi connectivity index (χ1) is 9.45. The molecule has 0 aromatic carbocycles. The predicted octanol–water partition coefficient (Wildman–Crippen LogP) is 5.94. The van der Waals surface area contributed by atoms with Gasteiger partial charge < -0.3 is 0 Å². The molecule has 0 saturated heterocycles. The van der Waals surface area contributed by atoms with E-state index in [-0.39, 0.29) is 0 Å². The summed E-state index contributed by atoms with van der Waals surface area (Å²) >= 11 is 0. The van der Waals surface area contributed by atoms with Crippen LogP contribution in [0.2, 0.25) is 0 Å². The molecule has 0 aliphatic heterocycles. The summed E-state index contributed by atoms with van der Waals surface area (Å²) in [5.41, 5.74) is 4.96. The number of carbonyl (C=O) groups excluding carboxylic acids is 1. The molecular weight excluding hydrogens is 244 g/mol. The standard InChI is InChI=1S/C19H30O/c1-16(2)9-6-10-17(3)11-7-12-18(4)13-8-14-19(5)15-20/h9,11,13,15H,5-8,10,12,14H2,1-4H3/b17-11+,18-13+. The van der Waals surface area contributed by atoms with Crippen LogP contribution in [0.25, 0.3) is 0 Å². The van der Waals surface area contributed by atoms with Crippen molar-refractivity contribution in [3.8, 4) is 0 Å². The molecule has 0 aliphatic carbocycles. The molecule has 0 amide bonds. The van der Waals surface area contributed by atoms with Crippen molar-refractivity contribution < 1.29 is 4.79 Å². The first-order valence-corrected chi connectivity index (χ1v) is 7.53. The number of aldehydes is 1. The third-order valence-corrected chi connectivity index (χ3v) is 3.25. The summed E-state index contributed by atoms with van der Waals surface area (Å²) in [6, 6.07) is 0. The van der Waals surface area contributed by atoms with E-state index in [9.17, 15) is 4.79 Å². The fraction of sp³-hybridized carbons (Fsp3) is 0.526. The van der Waals surface area contributed by atoms with Gasteiger partial charge >= 0.3 is 0 Å². The molecule has 0 heterocycles. The van der Waals surface area contributed by atoms with E-state index >= 15 is 0 Å². The summed E-state index contributed by atoms with van der Waals surface area (Å²) in [6.07, 6.45) is 13.9. The molecule has 20 heavy (non-hydrogen) atoms. The molecule has 0 saturated carbocycles. The average molecular weight is 274 g/mol. The maximum absolute atomic E-state index is 10.4. The second kappa shape index (κ2) is 11.5. The van der Waals surface area contributed by atoms with Gasteiger partial charge in [0.15, 0.2) is 0 Å². The number of hydrogen-bond acceptors (Lipinski definition) is 1. The van der Waals surface area contributed by atoms with Gasteiger partial charge in [-0.1, -0.05) is 41.5 Å². The molecule has 0 unspecified atom stereocenters. The molecule has 0 rings (SSSR count). The van der Waals surface area contributed by atoms with Crippen LogP contribution in [0.3, 0.4) is 0 Å². The highest BCUT2D eigenvalue weighted by Crippen LogP contribution is 2.12. The lowest BCUT2D eigenvalue weighted by atomic mass is 10.0. The number of carbonyl (C=O) groups is 1. The van der Waals surface area contributed by atoms with E-state index in [0.29, 0.717) is 5.57 Å². The lowest BCUT2D eigenvalue weighted by molar-refractivity contribution is -0.105. The minimum absolute atomic E-state index is 0.684. The van der Waals surface area contributed by atoms with Crippen molar-refractivity contribution in [2.24, 2.45) is 0 Å². The number of hydrogen-bond donors (Lipinski definition) is 0. The van der Waals surface area contributed by atoms with Crippen LogP contribution in [0.5, 0.6) is 0 Å². The number of allylic oxidation sites excluding steroid dienone is 7. The van der Waals surface area contributed by atoms with Crippen LogP contribution in [0.15, 0.2) is 47.1 Å². The summed E-state index contributed by atoms with van der Waals surface area (Å²) in [7, 11) is 0. The van der Waals surface area contributed by atoms with E-state index in [4.69, 9.17) is 0 Å². The molecular formula is C19H30O. The number of rotatable bonds is 10. The zero-order valence-electron chi connectivity index (χ0n) is 13.7. The minimum atomic E-state index is 0.684. The average Bonchev–Trinajstić information content (AvgIpc) is 2.38. The van der Waals surface area contributed by atoms with Gasteiger partial charge in [-0.2, -0.15) is 0 Å². The summed E-state index contributed by atoms with van der Waals surface area (Å²) in [4.78, 5) is 10.4. The third kappa shape index (κ3) is 11.7. The highest BCUT2D eigenvalue weighted by Gasteiger charge is 1.93. The van der Waals surface area contributed by atoms with Crippen LogP contribution in [0, 0.1) is 0 Å². The van der Waals surface area contributed by atoms with Gasteiger partial charge in [0, 0.05) is 0 Å². The molecule has 0 N–H and O–H groups in total. The van der Waals surface area contributed by atoms with Crippen LogP contribution in [-0.4, -0.2) is 6.29 Å². The molecule has 0 radical (unpaired) electrons. The van der Waals surface area contributed by atoms with Gasteiger partial charge in [0.2, 0.25) is 0 Å². The topological polar surface area (TPSA) is 17.1 Å². The maximum atomic E-state index is 10.4. The Labute approximate surface area is 125 Å². The fourth-order valence-corrected chi connectivity index (χ4v) is 1.90. The Balaban J connectivity index is 3.90. The smallest absolute Gasteiger partial charge is 0.145 e. The molecule has 0 atom stereocenters. The Bertz CT molecular complexity index is 390. The highest BCUT2D eigenvalue weighted by atomic mass is 16.1. The van der Waals surface area contributed by atoms with Crippen LogP contribution in [0.1, 0.15) is 66.2 Å². The Kier molecular flexibility index (Phi) is 10.7. The molecule has 0 aliphatic rings. The van der Waals surface area contributed by atoms with E-state index < -0.39 is 0 Å². The van der Waals surface area contributed by atoms with Gasteiger partial charge in [-0.3, -0.25) is 4.79 Å². The van der Waals surface area contributed by atoms with Gasteiger partial charge in [0.1, 0.15) is 6.29 Å². The van der Waals surface area contributed by atoms with Gasteiger partial charge in [0.05, 0.1) is 0 Å². The molecule has 112 valence electrons. The second-order valence-electron chi connectivity index (χ2n) is 5.77. The van der Waals surface area contributed by atoms with Crippen LogP contribution < -0.4 is 0 Å². The van der Waals surface area contributed by atoms with E-state index in [2.05, 4.69) is 52.5 Å². The molecule has 1 heteroatoms. The molecule has 0 aromatic heterocycles. The van der Waals surface area contributed by atoms with Crippen molar-refractivity contribution >= 4 is 6.29 Å². The molecule has 0 fully saturated rings. The van der Waals surface area contributed by atoms with E-state index in [0.717, 1.165) is 44.8 Å². The lowest BCUT2D eigenvalue weighted by Gasteiger charge is -2.01. The normalized spacial score (nSPS) is 12.2. The Hall–Kier alpha value is -1.37. The quantitative estimate of drug-likeness (QED) is 0.274. The second-order valence-corrected chi connectivity index (χ2v) is 5.77. The highest BCUT2D eigenvalue weighted by molar-refractivity contribution is 5.71. The molecule has 0 aromatic rings. The van der Waals surface area contributed by atoms with E-state index in [1.54, 1.807) is 0 Å². The van der Waals surface area contributed by atoms with E-state index in [1.807, 2.05) is 0 Å². The lowest BCUT2D eigenvalue weighted by Crippen LogP contribution is -1.83. The minimum Gasteiger partial charge on any atom is -0.298 e. The maximum Gasteiger partial charge on any atom is 0.145 e. The first-order valence-electron chi connectivity index (χ1n) is 7.53. The summed E-state index contributed by atoms with van der Waals surface area (Å²) in [5.74, 6) is 0. The van der Waals surface area contributed by atoms with Crippen molar-refractivity contribution in [1.29, 1.82) is 0 Å². The van der Waals surface area contributed by atoms with Crippen molar-refractivity contribution in [1.82, 2.24) is 0 Å². The molecule has 0 spiro atoms. The fourth-order valence-electron chi connectivity index (χ4n) is 1.90. The summed E-state index contributed by atoms with van der Waals surface area (Å²) in [5, 5.41) is 0. The largest absolute Gasteiger partial charge is 0.298 e. The van der Waals surface area contributed by atoms with Gasteiger partial charge in [-0.25, -0.2) is 0 Å². The van der Waals surface area contributed by atoms with E-state index in [1.165, 1.54) is 16.7 Å². The van der Waals surface area contributed by atoms with Crippen molar-refractivity contribution in [3.63, 3.8) is 0 Å². The Morgan fingerprint density at radius 3 is 1.70 bits per heavy atom. The Morgan fingerprint density at radius 1 is 0.800 bits per heavy atom. The predicted molar refractivity (Wildman–Crippen MR) is 89.9 cm³/mol. The zero-order chi connectivity index (χ0) is 15.4. The Morgan fingerprint density at radius 2 is 1.25 bits per heavy atom.